The lowest BCUT2D eigenvalue weighted by Crippen LogP contribution is -2.22. The number of hydrogen-bond acceptors (Lipinski definition) is 3. The number of rotatable bonds is 0. The summed E-state index contributed by atoms with van der Waals surface area (Å²) in [7, 11) is 0. The van der Waals surface area contributed by atoms with Crippen molar-refractivity contribution in [1.29, 1.82) is 0 Å². The van der Waals surface area contributed by atoms with Gasteiger partial charge in [0.05, 0.1) is 0 Å². The Hall–Kier alpha value is -0.0600. The van der Waals surface area contributed by atoms with Gasteiger partial charge in [-0.3, -0.25) is 0 Å². The molecule has 1 aromatic heterocycles. The van der Waals surface area contributed by atoms with Crippen molar-refractivity contribution in [3.8, 4) is 0 Å². The number of thioether (sulfide) groups is 1. The van der Waals surface area contributed by atoms with Gasteiger partial charge in [0.15, 0.2) is 0 Å². The molecule has 0 amide bonds. The third kappa shape index (κ3) is 1.43. The normalized spacial score (nSPS) is 16.9. The molecule has 0 atom stereocenters. The van der Waals surface area contributed by atoms with Gasteiger partial charge < -0.3 is 5.32 Å². The van der Waals surface area contributed by atoms with E-state index < -0.39 is 0 Å². The van der Waals surface area contributed by atoms with Gasteiger partial charge in [-0.2, -0.15) is 11.3 Å². The lowest BCUT2D eigenvalue weighted by atomic mass is 10.3. The van der Waals surface area contributed by atoms with Gasteiger partial charge in [-0.15, -0.1) is 11.8 Å². The second kappa shape index (κ2) is 3.13. The molecule has 0 unspecified atom stereocenters. The average Bonchev–Trinajstić information content (AvgIpc) is 2.40. The summed E-state index contributed by atoms with van der Waals surface area (Å²) in [5, 5.41) is 7.48. The van der Waals surface area contributed by atoms with Crippen molar-refractivity contribution in [3.63, 3.8) is 0 Å². The van der Waals surface area contributed by atoms with Crippen LogP contribution in [0.15, 0.2) is 15.7 Å². The highest BCUT2D eigenvalue weighted by Crippen LogP contribution is 2.28. The maximum atomic E-state index is 5.18. The molecule has 4 heteroatoms. The van der Waals surface area contributed by atoms with Crippen LogP contribution in [-0.4, -0.2) is 17.3 Å². The van der Waals surface area contributed by atoms with Crippen LogP contribution in [0.5, 0.6) is 0 Å². The predicted octanol–water partition coefficient (Wildman–Crippen LogP) is 2.12. The molecule has 1 N–H and O–H groups in total. The molecule has 58 valence electrons. The molecular formula is C7H7NS3. The summed E-state index contributed by atoms with van der Waals surface area (Å²) in [5.41, 5.74) is 1.22. The van der Waals surface area contributed by atoms with Crippen LogP contribution in [0.4, 0.5) is 0 Å². The Kier molecular flexibility index (Phi) is 2.16. The predicted molar refractivity (Wildman–Crippen MR) is 54.7 cm³/mol. The van der Waals surface area contributed by atoms with Crippen LogP contribution in [0, 0.1) is 0 Å². The molecule has 1 nitrogen and oxygen atoms in total. The van der Waals surface area contributed by atoms with Gasteiger partial charge in [0.2, 0.25) is 0 Å². The van der Waals surface area contributed by atoms with Crippen molar-refractivity contribution >= 4 is 40.3 Å². The molecule has 1 aromatic rings. The SMILES string of the molecule is S=C1NCCSc2cscc21. The van der Waals surface area contributed by atoms with E-state index in [1.165, 1.54) is 10.5 Å². The van der Waals surface area contributed by atoms with Crippen LogP contribution in [-0.2, 0) is 0 Å². The quantitative estimate of drug-likeness (QED) is 0.646. The summed E-state index contributed by atoms with van der Waals surface area (Å²) >= 11 is 8.78. The first kappa shape index (κ1) is 7.58. The molecule has 0 aromatic carbocycles. The molecule has 0 bridgehead atoms. The molecule has 1 aliphatic heterocycles. The number of hydrogen-bond donors (Lipinski definition) is 1. The van der Waals surface area contributed by atoms with E-state index in [2.05, 4.69) is 16.1 Å². The van der Waals surface area contributed by atoms with Gasteiger partial charge in [-0.1, -0.05) is 12.2 Å². The third-order valence-electron chi connectivity index (χ3n) is 1.52. The zero-order valence-corrected chi connectivity index (χ0v) is 8.24. The zero-order chi connectivity index (χ0) is 7.68. The lowest BCUT2D eigenvalue weighted by molar-refractivity contribution is 1.00. The van der Waals surface area contributed by atoms with Crippen LogP contribution < -0.4 is 5.32 Å². The number of thiophene rings is 1. The first-order valence-corrected chi connectivity index (χ1v) is 5.69. The Morgan fingerprint density at radius 3 is 3.27 bits per heavy atom. The zero-order valence-electron chi connectivity index (χ0n) is 5.79. The topological polar surface area (TPSA) is 12.0 Å². The van der Waals surface area contributed by atoms with Crippen LogP contribution in [0.3, 0.4) is 0 Å². The van der Waals surface area contributed by atoms with E-state index in [9.17, 15) is 0 Å². The largest absolute Gasteiger partial charge is 0.375 e. The van der Waals surface area contributed by atoms with Gasteiger partial charge in [-0.05, 0) is 0 Å². The van der Waals surface area contributed by atoms with E-state index in [1.54, 1.807) is 11.3 Å². The van der Waals surface area contributed by atoms with E-state index in [0.29, 0.717) is 0 Å². The van der Waals surface area contributed by atoms with Crippen molar-refractivity contribution < 1.29 is 0 Å². The summed E-state index contributed by atoms with van der Waals surface area (Å²) < 4.78 is 0. The minimum Gasteiger partial charge on any atom is -0.375 e. The van der Waals surface area contributed by atoms with Crippen molar-refractivity contribution in [1.82, 2.24) is 5.32 Å². The minimum absolute atomic E-state index is 0.909. The maximum Gasteiger partial charge on any atom is 0.108 e. The summed E-state index contributed by atoms with van der Waals surface area (Å²) in [6.07, 6.45) is 0. The molecule has 2 heterocycles. The molecule has 0 fully saturated rings. The highest BCUT2D eigenvalue weighted by atomic mass is 32.2. The summed E-state index contributed by atoms with van der Waals surface area (Å²) in [5.74, 6) is 1.11. The Labute approximate surface area is 79.2 Å². The average molecular weight is 201 g/mol. The van der Waals surface area contributed by atoms with E-state index >= 15 is 0 Å². The van der Waals surface area contributed by atoms with Gasteiger partial charge in [0.1, 0.15) is 4.99 Å². The monoisotopic (exact) mass is 201 g/mol. The molecule has 1 aliphatic rings. The Morgan fingerprint density at radius 1 is 1.45 bits per heavy atom. The fourth-order valence-electron chi connectivity index (χ4n) is 0.983. The second-order valence-corrected chi connectivity index (χ2v) is 4.54. The molecular weight excluding hydrogens is 194 g/mol. The summed E-state index contributed by atoms with van der Waals surface area (Å²) in [6, 6.07) is 0. The lowest BCUT2D eigenvalue weighted by Gasteiger charge is -1.99. The fourth-order valence-corrected chi connectivity index (χ4v) is 3.35. The van der Waals surface area contributed by atoms with E-state index in [4.69, 9.17) is 12.2 Å². The maximum absolute atomic E-state index is 5.18. The van der Waals surface area contributed by atoms with Crippen LogP contribution in [0.1, 0.15) is 5.56 Å². The first-order valence-electron chi connectivity index (χ1n) is 3.35. The molecule has 2 rings (SSSR count). The first-order chi connectivity index (χ1) is 5.38. The molecule has 0 saturated heterocycles. The van der Waals surface area contributed by atoms with Crippen molar-refractivity contribution in [2.24, 2.45) is 0 Å². The Balaban J connectivity index is 2.41. The standard InChI is InChI=1S/C7H7NS3/c9-7-5-3-10-4-6(5)11-2-1-8-7/h3-4H,1-2H2,(H,8,9). The van der Waals surface area contributed by atoms with Crippen molar-refractivity contribution in [2.45, 2.75) is 4.90 Å². The Bertz CT molecular complexity index is 279. The molecule has 0 spiro atoms. The van der Waals surface area contributed by atoms with E-state index in [0.717, 1.165) is 17.3 Å². The molecule has 0 saturated carbocycles. The summed E-state index contributed by atoms with van der Waals surface area (Å²) in [4.78, 5) is 2.25. The van der Waals surface area contributed by atoms with Gasteiger partial charge >= 0.3 is 0 Å². The number of thiocarbonyl (C=S) groups is 1. The third-order valence-corrected chi connectivity index (χ3v) is 3.83. The van der Waals surface area contributed by atoms with Gasteiger partial charge in [-0.25, -0.2) is 0 Å². The number of nitrogens with one attached hydrogen (secondary N) is 1. The minimum atomic E-state index is 0.909. The van der Waals surface area contributed by atoms with Gasteiger partial charge in [0.25, 0.3) is 0 Å². The van der Waals surface area contributed by atoms with E-state index in [1.807, 2.05) is 11.8 Å². The Morgan fingerprint density at radius 2 is 2.36 bits per heavy atom. The molecule has 0 aliphatic carbocycles. The van der Waals surface area contributed by atoms with Crippen molar-refractivity contribution in [2.75, 3.05) is 12.3 Å². The number of fused-ring (bicyclic) bond motifs is 1. The van der Waals surface area contributed by atoms with E-state index in [-0.39, 0.29) is 0 Å². The van der Waals surface area contributed by atoms with Crippen LogP contribution >= 0.6 is 35.3 Å². The van der Waals surface area contributed by atoms with Crippen LogP contribution in [0.2, 0.25) is 0 Å². The fraction of sp³-hybridized carbons (Fsp3) is 0.286. The van der Waals surface area contributed by atoms with Gasteiger partial charge in [0, 0.05) is 33.5 Å². The highest BCUT2D eigenvalue weighted by molar-refractivity contribution is 7.99. The smallest absolute Gasteiger partial charge is 0.108 e. The second-order valence-electron chi connectivity index (χ2n) is 2.25. The molecule has 11 heavy (non-hydrogen) atoms. The summed E-state index contributed by atoms with van der Waals surface area (Å²) in [6.45, 7) is 0.989. The van der Waals surface area contributed by atoms with Crippen LogP contribution in [0.25, 0.3) is 0 Å². The van der Waals surface area contributed by atoms with Crippen molar-refractivity contribution in [3.05, 3.63) is 16.3 Å². The highest BCUT2D eigenvalue weighted by Gasteiger charge is 2.12. The molecule has 0 radical (unpaired) electrons.